The molecule has 0 aliphatic carbocycles. The Bertz CT molecular complexity index is 763. The van der Waals surface area contributed by atoms with Gasteiger partial charge in [0.05, 0.1) is 17.6 Å². The molecule has 0 N–H and O–H groups in total. The molecular weight excluding hydrogens is 340 g/mol. The molecule has 124 valence electrons. The van der Waals surface area contributed by atoms with Gasteiger partial charge >= 0.3 is 5.97 Å². The molecule has 10 heteroatoms. The first-order valence-electron chi connectivity index (χ1n) is 7.01. The van der Waals surface area contributed by atoms with Crippen LogP contribution in [0, 0.1) is 10.8 Å². The van der Waals surface area contributed by atoms with Gasteiger partial charge in [0.2, 0.25) is 5.91 Å². The average Bonchev–Trinajstić information content (AvgIpc) is 3.07. The highest BCUT2D eigenvalue weighted by Gasteiger charge is 2.59. The summed E-state index contributed by atoms with van der Waals surface area (Å²) in [6, 6.07) is 4.71. The first-order chi connectivity index (χ1) is 11.5. The van der Waals surface area contributed by atoms with E-state index in [1.54, 1.807) is 6.92 Å². The van der Waals surface area contributed by atoms with Crippen LogP contribution in [0.4, 0.5) is 5.69 Å². The van der Waals surface area contributed by atoms with Gasteiger partial charge in [0.1, 0.15) is 5.92 Å². The predicted molar refractivity (Wildman–Crippen MR) is 82.9 cm³/mol. The second-order valence-electron chi connectivity index (χ2n) is 5.02. The van der Waals surface area contributed by atoms with Crippen LogP contribution in [0.5, 0.6) is 0 Å². The molecule has 1 fully saturated rings. The van der Waals surface area contributed by atoms with E-state index in [1.165, 1.54) is 24.3 Å². The van der Waals surface area contributed by atoms with Gasteiger partial charge in [0.25, 0.3) is 5.91 Å². The van der Waals surface area contributed by atoms with Crippen molar-refractivity contribution in [1.29, 1.82) is 0 Å². The van der Waals surface area contributed by atoms with Crippen molar-refractivity contribution in [3.63, 3.8) is 0 Å². The van der Waals surface area contributed by atoms with Crippen molar-refractivity contribution in [3.8, 4) is 0 Å². The summed E-state index contributed by atoms with van der Waals surface area (Å²) in [6.45, 7) is 1.65. The fourth-order valence-electron chi connectivity index (χ4n) is 2.68. The van der Waals surface area contributed by atoms with Gasteiger partial charge in [0.15, 0.2) is 11.8 Å². The van der Waals surface area contributed by atoms with E-state index in [0.717, 1.165) is 4.90 Å². The minimum atomic E-state index is -1.29. The van der Waals surface area contributed by atoms with Crippen LogP contribution in [0.25, 0.3) is 0 Å². The number of halogens is 1. The Hall–Kier alpha value is -2.81. The molecule has 0 spiro atoms. The monoisotopic (exact) mass is 350 g/mol. The quantitative estimate of drug-likeness (QED) is 0.457. The van der Waals surface area contributed by atoms with Crippen LogP contribution in [0.2, 0.25) is 5.02 Å². The van der Waals surface area contributed by atoms with Gasteiger partial charge in [-0.2, -0.15) is 0 Å². The summed E-state index contributed by atoms with van der Waals surface area (Å²) in [5.41, 5.74) is -0.0332. The highest BCUT2D eigenvalue weighted by Crippen LogP contribution is 2.35. The molecule has 0 aromatic heterocycles. The molecule has 1 saturated heterocycles. The lowest BCUT2D eigenvalue weighted by molar-refractivity contribution is -0.136. The van der Waals surface area contributed by atoms with Gasteiger partial charge in [-0.3, -0.25) is 9.59 Å². The molecule has 0 saturated carbocycles. The summed E-state index contributed by atoms with van der Waals surface area (Å²) in [5, 5.41) is 7.24. The van der Waals surface area contributed by atoms with Gasteiger partial charge < -0.3 is 4.74 Å². The van der Waals surface area contributed by atoms with E-state index in [0.29, 0.717) is 10.1 Å². The molecule has 3 rings (SSSR count). The van der Waals surface area contributed by atoms with Crippen LogP contribution in [-0.4, -0.2) is 41.3 Å². The van der Waals surface area contributed by atoms with Gasteiger partial charge in [-0.15, -0.1) is 15.1 Å². The van der Waals surface area contributed by atoms with Crippen LogP contribution in [0.1, 0.15) is 6.92 Å². The molecule has 1 aromatic rings. The third-order valence-electron chi connectivity index (χ3n) is 3.68. The maximum Gasteiger partial charge on any atom is 0.355 e. The predicted octanol–water partition coefficient (Wildman–Crippen LogP) is 1.11. The third-order valence-corrected chi connectivity index (χ3v) is 3.93. The second kappa shape index (κ2) is 6.00. The molecule has 9 nitrogen and oxygen atoms in total. The van der Waals surface area contributed by atoms with Crippen LogP contribution >= 0.6 is 11.6 Å². The topological polar surface area (TPSA) is 109 Å². The molecule has 1 aromatic carbocycles. The zero-order valence-electron chi connectivity index (χ0n) is 12.4. The third kappa shape index (κ3) is 2.33. The number of hydrogen-bond acceptors (Lipinski definition) is 7. The van der Waals surface area contributed by atoms with E-state index in [9.17, 15) is 19.3 Å². The number of fused-ring (bicyclic) bond motifs is 1. The second-order valence-corrected chi connectivity index (χ2v) is 5.45. The number of hydrazone groups is 1. The lowest BCUT2D eigenvalue weighted by Gasteiger charge is -2.16. The maximum atomic E-state index is 12.7. The number of esters is 1. The fraction of sp³-hybridized carbons (Fsp3) is 0.286. The van der Waals surface area contributed by atoms with E-state index >= 15 is 0 Å². The molecule has 0 unspecified atom stereocenters. The highest BCUT2D eigenvalue weighted by atomic mass is 35.5. The summed E-state index contributed by atoms with van der Waals surface area (Å²) in [6.07, 6.45) is 0. The zero-order valence-corrected chi connectivity index (χ0v) is 13.1. The first-order valence-corrected chi connectivity index (χ1v) is 7.39. The van der Waals surface area contributed by atoms with Crippen LogP contribution in [0.3, 0.4) is 0 Å². The molecule has 0 bridgehead atoms. The number of hydrogen-bond donors (Lipinski definition) is 0. The Morgan fingerprint density at radius 1 is 1.29 bits per heavy atom. The zero-order chi connectivity index (χ0) is 17.4. The van der Waals surface area contributed by atoms with Gasteiger partial charge in [-0.25, -0.2) is 9.69 Å². The SMILES string of the molecule is CCOC(=O)C1=NN(N=O)[C@H]2C(=O)N(c3ccc(Cl)cc3)C(=O)[C@@H]12. The maximum absolute atomic E-state index is 12.7. The standard InChI is InChI=1S/C14H11ClN4O5/c1-2-24-14(22)10-9-11(19(16-10)17-23)13(21)18(12(9)20)8-5-3-7(15)4-6-8/h3-6,9,11H,2H2,1H3/t9-,11+/m0/s1. The molecule has 2 aliphatic rings. The van der Waals surface area contributed by atoms with Crippen LogP contribution < -0.4 is 4.90 Å². The molecule has 2 amide bonds. The number of benzene rings is 1. The molecule has 2 aliphatic heterocycles. The summed E-state index contributed by atoms with van der Waals surface area (Å²) in [7, 11) is 0. The number of nitroso groups, excluding NO2 is 1. The molecule has 0 radical (unpaired) electrons. The smallest absolute Gasteiger partial charge is 0.355 e. The first kappa shape index (κ1) is 16.1. The molecule has 2 heterocycles. The Morgan fingerprint density at radius 2 is 1.96 bits per heavy atom. The lowest BCUT2D eigenvalue weighted by atomic mass is 9.98. The number of carbonyl (C=O) groups is 3. The van der Waals surface area contributed by atoms with Crippen LogP contribution in [-0.2, 0) is 19.1 Å². The average molecular weight is 351 g/mol. The van der Waals surface area contributed by atoms with E-state index < -0.39 is 29.7 Å². The van der Waals surface area contributed by atoms with Gasteiger partial charge in [-0.1, -0.05) is 11.6 Å². The minimum Gasteiger partial charge on any atom is -0.461 e. The molecular formula is C14H11ClN4O5. The Labute approximate surface area is 140 Å². The Kier molecular flexibility index (Phi) is 4.02. The number of anilines is 1. The minimum absolute atomic E-state index is 0.0623. The van der Waals surface area contributed by atoms with E-state index in [-0.39, 0.29) is 18.0 Å². The van der Waals surface area contributed by atoms with Crippen molar-refractivity contribution in [2.75, 3.05) is 11.5 Å². The number of amides is 2. The number of rotatable bonds is 4. The highest BCUT2D eigenvalue weighted by molar-refractivity contribution is 6.46. The summed E-state index contributed by atoms with van der Waals surface area (Å²) in [5.74, 6) is -3.47. The summed E-state index contributed by atoms with van der Waals surface area (Å²) in [4.78, 5) is 49.0. The van der Waals surface area contributed by atoms with E-state index in [4.69, 9.17) is 16.3 Å². The van der Waals surface area contributed by atoms with Crippen LogP contribution in [0.15, 0.2) is 34.7 Å². The molecule has 24 heavy (non-hydrogen) atoms. The van der Waals surface area contributed by atoms with Crippen molar-refractivity contribution < 1.29 is 19.1 Å². The lowest BCUT2D eigenvalue weighted by Crippen LogP contribution is -2.36. The summed E-state index contributed by atoms with van der Waals surface area (Å²) < 4.78 is 4.83. The van der Waals surface area contributed by atoms with Crippen molar-refractivity contribution >= 4 is 40.8 Å². The number of imide groups is 1. The van der Waals surface area contributed by atoms with E-state index in [1.807, 2.05) is 0 Å². The van der Waals surface area contributed by atoms with Crippen molar-refractivity contribution in [2.24, 2.45) is 16.3 Å². The Balaban J connectivity index is 2.00. The largest absolute Gasteiger partial charge is 0.461 e. The van der Waals surface area contributed by atoms with Gasteiger partial charge in [0, 0.05) is 5.02 Å². The number of ether oxygens (including phenoxy) is 1. The fourth-order valence-corrected chi connectivity index (χ4v) is 2.80. The van der Waals surface area contributed by atoms with Crippen molar-refractivity contribution in [3.05, 3.63) is 34.2 Å². The number of nitrogens with zero attached hydrogens (tertiary/aromatic N) is 4. The molecule has 2 atom stereocenters. The van der Waals surface area contributed by atoms with E-state index in [2.05, 4.69) is 10.4 Å². The number of carbonyl (C=O) groups excluding carboxylic acids is 3. The normalized spacial score (nSPS) is 22.5. The van der Waals surface area contributed by atoms with Crippen molar-refractivity contribution in [1.82, 2.24) is 5.12 Å². The van der Waals surface area contributed by atoms with Gasteiger partial charge in [-0.05, 0) is 31.2 Å². The van der Waals surface area contributed by atoms with Crippen molar-refractivity contribution in [2.45, 2.75) is 13.0 Å². The Morgan fingerprint density at radius 3 is 2.54 bits per heavy atom. The summed E-state index contributed by atoms with van der Waals surface area (Å²) >= 11 is 5.80.